The monoisotopic (exact) mass is 356 g/mol. The van der Waals surface area contributed by atoms with E-state index in [1.165, 1.54) is 25.7 Å². The average molecular weight is 357 g/mol. The van der Waals surface area contributed by atoms with Crippen molar-refractivity contribution in [3.05, 3.63) is 35.7 Å². The van der Waals surface area contributed by atoms with Gasteiger partial charge in [0.15, 0.2) is 0 Å². The summed E-state index contributed by atoms with van der Waals surface area (Å²) in [4.78, 5) is 13.1. The number of hydrogen-bond acceptors (Lipinski definition) is 1. The lowest BCUT2D eigenvalue weighted by Gasteiger charge is -2.47. The second kappa shape index (κ2) is 7.44. The lowest BCUT2D eigenvalue weighted by molar-refractivity contribution is -0.132. The zero-order valence-electron chi connectivity index (χ0n) is 16.3. The SMILES string of the molecule is CC1C=C(C2CC(=O)C3CC(C4CC=CCC4)CC(C)C3C2)C(F)=CC1. The van der Waals surface area contributed by atoms with Crippen LogP contribution in [-0.4, -0.2) is 5.78 Å². The molecule has 0 aliphatic heterocycles. The van der Waals surface area contributed by atoms with E-state index in [0.29, 0.717) is 35.9 Å². The van der Waals surface area contributed by atoms with Gasteiger partial charge in [0.05, 0.1) is 0 Å². The van der Waals surface area contributed by atoms with Crippen molar-refractivity contribution in [1.29, 1.82) is 0 Å². The Hall–Kier alpha value is -1.18. The summed E-state index contributed by atoms with van der Waals surface area (Å²) < 4.78 is 14.4. The minimum atomic E-state index is -0.0605. The molecule has 0 aromatic rings. The van der Waals surface area contributed by atoms with Crippen molar-refractivity contribution in [1.82, 2.24) is 0 Å². The van der Waals surface area contributed by atoms with E-state index in [1.54, 1.807) is 6.08 Å². The first-order chi connectivity index (χ1) is 12.5. The standard InChI is InChI=1S/C24H33FO/c1-15-8-9-23(25)21(10-15)19-13-20-16(2)11-18(12-22(20)24(26)14-19)17-6-4-3-5-7-17/h3-4,9-10,15-20,22H,5-8,11-14H2,1-2H3. The molecule has 0 spiro atoms. The highest BCUT2D eigenvalue weighted by molar-refractivity contribution is 5.83. The van der Waals surface area contributed by atoms with Gasteiger partial charge in [0, 0.05) is 12.3 Å². The summed E-state index contributed by atoms with van der Waals surface area (Å²) in [5, 5.41) is 0. The zero-order chi connectivity index (χ0) is 18.3. The average Bonchev–Trinajstić information content (AvgIpc) is 2.65. The van der Waals surface area contributed by atoms with Crippen LogP contribution >= 0.6 is 0 Å². The highest BCUT2D eigenvalue weighted by Gasteiger charge is 2.46. The maximum absolute atomic E-state index is 14.4. The van der Waals surface area contributed by atoms with E-state index < -0.39 is 0 Å². The van der Waals surface area contributed by atoms with Gasteiger partial charge in [-0.25, -0.2) is 4.39 Å². The molecular weight excluding hydrogens is 323 g/mol. The van der Waals surface area contributed by atoms with Crippen LogP contribution in [-0.2, 0) is 4.79 Å². The van der Waals surface area contributed by atoms with E-state index in [4.69, 9.17) is 0 Å². The van der Waals surface area contributed by atoms with Gasteiger partial charge in [-0.1, -0.05) is 32.1 Å². The van der Waals surface area contributed by atoms with Crippen LogP contribution in [0.25, 0.3) is 0 Å². The predicted octanol–water partition coefficient (Wildman–Crippen LogP) is 6.42. The minimum Gasteiger partial charge on any atom is -0.299 e. The van der Waals surface area contributed by atoms with Crippen molar-refractivity contribution in [2.24, 2.45) is 41.4 Å². The Bertz CT molecular complexity index is 643. The first-order valence-corrected chi connectivity index (χ1v) is 10.8. The van der Waals surface area contributed by atoms with E-state index in [1.807, 2.05) is 0 Å². The Balaban J connectivity index is 1.49. The molecule has 2 saturated carbocycles. The van der Waals surface area contributed by atoms with Crippen molar-refractivity contribution in [2.45, 2.75) is 65.2 Å². The number of hydrogen-bond donors (Lipinski definition) is 0. The van der Waals surface area contributed by atoms with E-state index in [-0.39, 0.29) is 17.7 Å². The van der Waals surface area contributed by atoms with E-state index in [0.717, 1.165) is 30.8 Å². The summed E-state index contributed by atoms with van der Waals surface area (Å²) in [6.07, 6.45) is 16.9. The smallest absolute Gasteiger partial charge is 0.136 e. The van der Waals surface area contributed by atoms with Crippen LogP contribution in [0.2, 0.25) is 0 Å². The van der Waals surface area contributed by atoms with Gasteiger partial charge in [-0.05, 0) is 92.1 Å². The van der Waals surface area contributed by atoms with Crippen LogP contribution in [0.1, 0.15) is 65.2 Å². The predicted molar refractivity (Wildman–Crippen MR) is 104 cm³/mol. The van der Waals surface area contributed by atoms with Crippen LogP contribution in [0.15, 0.2) is 35.7 Å². The Morgan fingerprint density at radius 3 is 2.65 bits per heavy atom. The summed E-state index contributed by atoms with van der Waals surface area (Å²) >= 11 is 0. The molecule has 4 rings (SSSR count). The first kappa shape index (κ1) is 18.2. The molecular formula is C24H33FO. The van der Waals surface area contributed by atoms with Crippen LogP contribution < -0.4 is 0 Å². The van der Waals surface area contributed by atoms with Gasteiger partial charge >= 0.3 is 0 Å². The van der Waals surface area contributed by atoms with Crippen LogP contribution in [0.5, 0.6) is 0 Å². The van der Waals surface area contributed by atoms with Gasteiger partial charge in [0.25, 0.3) is 0 Å². The fraction of sp³-hybridized carbons (Fsp3) is 0.708. The Morgan fingerprint density at radius 1 is 1.04 bits per heavy atom. The van der Waals surface area contributed by atoms with E-state index in [2.05, 4.69) is 32.1 Å². The molecule has 0 radical (unpaired) electrons. The third kappa shape index (κ3) is 3.49. The van der Waals surface area contributed by atoms with E-state index in [9.17, 15) is 9.18 Å². The lowest BCUT2D eigenvalue weighted by atomic mass is 9.57. The summed E-state index contributed by atoms with van der Waals surface area (Å²) in [7, 11) is 0. The summed E-state index contributed by atoms with van der Waals surface area (Å²) in [5.41, 5.74) is 0.835. The fourth-order valence-corrected chi connectivity index (χ4v) is 6.28. The van der Waals surface area contributed by atoms with Crippen molar-refractivity contribution in [3.63, 3.8) is 0 Å². The Kier molecular flexibility index (Phi) is 5.21. The fourth-order valence-electron chi connectivity index (χ4n) is 6.28. The molecule has 4 aliphatic rings. The van der Waals surface area contributed by atoms with E-state index >= 15 is 0 Å². The van der Waals surface area contributed by atoms with Crippen molar-refractivity contribution < 1.29 is 9.18 Å². The Morgan fingerprint density at radius 2 is 1.88 bits per heavy atom. The third-order valence-electron chi connectivity index (χ3n) is 7.72. The molecule has 0 amide bonds. The molecule has 1 nitrogen and oxygen atoms in total. The Labute approximate surface area is 157 Å². The molecule has 0 N–H and O–H groups in total. The normalized spacial score (nSPS) is 43.5. The van der Waals surface area contributed by atoms with Gasteiger partial charge in [-0.2, -0.15) is 0 Å². The number of allylic oxidation sites excluding steroid dienone is 6. The molecule has 0 aromatic heterocycles. The second-order valence-corrected chi connectivity index (χ2v) is 9.51. The first-order valence-electron chi connectivity index (χ1n) is 10.8. The maximum atomic E-state index is 14.4. The molecule has 2 fully saturated rings. The summed E-state index contributed by atoms with van der Waals surface area (Å²) in [6.45, 7) is 4.49. The second-order valence-electron chi connectivity index (χ2n) is 9.51. The van der Waals surface area contributed by atoms with Crippen LogP contribution in [0.3, 0.4) is 0 Å². The van der Waals surface area contributed by atoms with Crippen LogP contribution in [0, 0.1) is 41.4 Å². The number of Topliss-reactive ketones (excluding diaryl/α,β-unsaturated/α-hetero) is 1. The van der Waals surface area contributed by atoms with Gasteiger partial charge in [0.2, 0.25) is 0 Å². The number of fused-ring (bicyclic) bond motifs is 1. The molecule has 142 valence electrons. The molecule has 7 unspecified atom stereocenters. The molecule has 0 bridgehead atoms. The minimum absolute atomic E-state index is 0.0605. The topological polar surface area (TPSA) is 17.1 Å². The molecule has 0 saturated heterocycles. The van der Waals surface area contributed by atoms with Crippen molar-refractivity contribution in [2.75, 3.05) is 0 Å². The molecule has 4 aliphatic carbocycles. The number of halogens is 1. The largest absolute Gasteiger partial charge is 0.299 e. The van der Waals surface area contributed by atoms with Gasteiger partial charge < -0.3 is 0 Å². The maximum Gasteiger partial charge on any atom is 0.136 e. The lowest BCUT2D eigenvalue weighted by Crippen LogP contribution is -2.43. The molecule has 0 aromatic carbocycles. The molecule has 7 atom stereocenters. The molecule has 2 heteroatoms. The van der Waals surface area contributed by atoms with Crippen molar-refractivity contribution >= 4 is 5.78 Å². The quantitative estimate of drug-likeness (QED) is 0.522. The zero-order valence-corrected chi connectivity index (χ0v) is 16.3. The van der Waals surface area contributed by atoms with Crippen LogP contribution in [0.4, 0.5) is 4.39 Å². The number of carbonyl (C=O) groups excluding carboxylic acids is 1. The van der Waals surface area contributed by atoms with Gasteiger partial charge in [-0.15, -0.1) is 0 Å². The summed E-state index contributed by atoms with van der Waals surface area (Å²) in [5.74, 6) is 3.63. The van der Waals surface area contributed by atoms with Gasteiger partial charge in [0.1, 0.15) is 11.6 Å². The number of carbonyl (C=O) groups is 1. The summed E-state index contributed by atoms with van der Waals surface area (Å²) in [6, 6.07) is 0. The third-order valence-corrected chi connectivity index (χ3v) is 7.72. The highest BCUT2D eigenvalue weighted by Crippen LogP contribution is 2.51. The van der Waals surface area contributed by atoms with Crippen molar-refractivity contribution in [3.8, 4) is 0 Å². The van der Waals surface area contributed by atoms with Gasteiger partial charge in [-0.3, -0.25) is 4.79 Å². The number of ketones is 1. The molecule has 0 heterocycles. The molecule has 26 heavy (non-hydrogen) atoms. The highest BCUT2D eigenvalue weighted by atomic mass is 19.1. The number of rotatable bonds is 2.